The van der Waals surface area contributed by atoms with Crippen LogP contribution in [0.15, 0.2) is 39.5 Å². The Balaban J connectivity index is 1.73. The molecule has 0 amide bonds. The Labute approximate surface area is 127 Å². The van der Waals surface area contributed by atoms with Gasteiger partial charge in [-0.25, -0.2) is 0 Å². The Morgan fingerprint density at radius 1 is 1.32 bits per heavy atom. The molecule has 0 spiro atoms. The number of benzene rings is 1. The van der Waals surface area contributed by atoms with E-state index in [1.165, 1.54) is 20.6 Å². The minimum absolute atomic E-state index is 0.964. The van der Waals surface area contributed by atoms with Gasteiger partial charge in [-0.1, -0.05) is 12.1 Å². The van der Waals surface area contributed by atoms with Crippen molar-refractivity contribution in [3.05, 3.63) is 50.6 Å². The molecule has 1 aromatic carbocycles. The van der Waals surface area contributed by atoms with Crippen LogP contribution in [0.1, 0.15) is 11.1 Å². The molecule has 0 fully saturated rings. The number of thiophene rings is 1. The van der Waals surface area contributed by atoms with Crippen molar-refractivity contribution in [3.8, 4) is 0 Å². The van der Waals surface area contributed by atoms with E-state index in [1.807, 2.05) is 0 Å². The van der Waals surface area contributed by atoms with E-state index in [0.29, 0.717) is 0 Å². The number of hydrogen-bond acceptors (Lipinski definition) is 3. The number of rotatable bonds is 6. The largest absolute Gasteiger partial charge is 0.384 e. The van der Waals surface area contributed by atoms with Crippen LogP contribution in [0.25, 0.3) is 0 Å². The Hall–Kier alpha value is -0.840. The van der Waals surface area contributed by atoms with Crippen molar-refractivity contribution in [2.75, 3.05) is 25.5 Å². The number of nitrogens with one attached hydrogen (secondary N) is 1. The fraction of sp³-hybridized carbons (Fsp3) is 0.333. The van der Waals surface area contributed by atoms with E-state index in [9.17, 15) is 0 Å². The summed E-state index contributed by atoms with van der Waals surface area (Å²) in [5.74, 6) is 0. The fourth-order valence-corrected chi connectivity index (χ4v) is 3.17. The second kappa shape index (κ2) is 7.08. The van der Waals surface area contributed by atoms with Gasteiger partial charge in [-0.15, -0.1) is 11.3 Å². The monoisotopic (exact) mass is 338 g/mol. The lowest BCUT2D eigenvalue weighted by atomic mass is 10.2. The van der Waals surface area contributed by atoms with Gasteiger partial charge >= 0.3 is 0 Å². The molecule has 0 aliphatic carbocycles. The van der Waals surface area contributed by atoms with Crippen LogP contribution in [0, 0.1) is 6.92 Å². The summed E-state index contributed by atoms with van der Waals surface area (Å²) in [6.07, 6.45) is 0. The Kier molecular flexibility index (Phi) is 5.43. The highest BCUT2D eigenvalue weighted by Gasteiger charge is 2.02. The standard InChI is InChI=1S/C15H19BrN2S/c1-12-4-3-5-14(8-12)17-6-7-18(2)10-13-9-15(16)19-11-13/h3-5,8-9,11,17H,6-7,10H2,1-2H3. The van der Waals surface area contributed by atoms with Crippen LogP contribution in [-0.2, 0) is 6.54 Å². The molecule has 0 aliphatic rings. The van der Waals surface area contributed by atoms with Gasteiger partial charge in [0, 0.05) is 25.3 Å². The first kappa shape index (κ1) is 14.6. The zero-order valence-corrected chi connectivity index (χ0v) is 13.7. The van der Waals surface area contributed by atoms with Gasteiger partial charge in [-0.2, -0.15) is 0 Å². The summed E-state index contributed by atoms with van der Waals surface area (Å²) in [5.41, 5.74) is 3.86. The highest BCUT2D eigenvalue weighted by molar-refractivity contribution is 9.11. The number of aryl methyl sites for hydroxylation is 1. The lowest BCUT2D eigenvalue weighted by molar-refractivity contribution is 0.340. The van der Waals surface area contributed by atoms with Crippen molar-refractivity contribution in [3.63, 3.8) is 0 Å². The molecule has 4 heteroatoms. The molecule has 0 atom stereocenters. The average molecular weight is 339 g/mol. The zero-order valence-electron chi connectivity index (χ0n) is 11.3. The van der Waals surface area contributed by atoms with Crippen molar-refractivity contribution in [1.29, 1.82) is 0 Å². The lowest BCUT2D eigenvalue weighted by Gasteiger charge is -2.16. The van der Waals surface area contributed by atoms with E-state index in [0.717, 1.165) is 19.6 Å². The summed E-state index contributed by atoms with van der Waals surface area (Å²) in [7, 11) is 2.16. The first-order valence-electron chi connectivity index (χ1n) is 6.35. The van der Waals surface area contributed by atoms with Gasteiger partial charge in [0.25, 0.3) is 0 Å². The van der Waals surface area contributed by atoms with E-state index < -0.39 is 0 Å². The van der Waals surface area contributed by atoms with E-state index in [2.05, 4.69) is 75.8 Å². The van der Waals surface area contributed by atoms with Crippen molar-refractivity contribution in [2.45, 2.75) is 13.5 Å². The third-order valence-electron chi connectivity index (χ3n) is 2.91. The molecule has 0 saturated carbocycles. The van der Waals surface area contributed by atoms with E-state index >= 15 is 0 Å². The van der Waals surface area contributed by atoms with Gasteiger partial charge in [0.2, 0.25) is 0 Å². The molecule has 2 nitrogen and oxygen atoms in total. The Morgan fingerprint density at radius 2 is 2.16 bits per heavy atom. The first-order chi connectivity index (χ1) is 9.13. The summed E-state index contributed by atoms with van der Waals surface area (Å²) in [5, 5.41) is 5.66. The van der Waals surface area contributed by atoms with Gasteiger partial charge in [0.1, 0.15) is 0 Å². The quantitative estimate of drug-likeness (QED) is 0.841. The number of likely N-dealkylation sites (N-methyl/N-ethyl adjacent to an activating group) is 1. The summed E-state index contributed by atoms with van der Waals surface area (Å²) in [6.45, 7) is 5.11. The van der Waals surface area contributed by atoms with Crippen LogP contribution >= 0.6 is 27.3 Å². The maximum absolute atomic E-state index is 3.50. The molecular weight excluding hydrogens is 320 g/mol. The second-order valence-corrected chi connectivity index (χ2v) is 7.08. The third-order valence-corrected chi connectivity index (χ3v) is 4.47. The molecule has 2 rings (SSSR count). The molecule has 0 radical (unpaired) electrons. The molecule has 1 aromatic heterocycles. The molecule has 2 aromatic rings. The van der Waals surface area contributed by atoms with Crippen molar-refractivity contribution < 1.29 is 0 Å². The molecule has 0 unspecified atom stereocenters. The van der Waals surface area contributed by atoms with E-state index in [1.54, 1.807) is 11.3 Å². The minimum atomic E-state index is 0.964. The minimum Gasteiger partial charge on any atom is -0.384 e. The van der Waals surface area contributed by atoms with Crippen molar-refractivity contribution in [1.82, 2.24) is 4.90 Å². The van der Waals surface area contributed by atoms with Crippen molar-refractivity contribution >= 4 is 33.0 Å². The molecule has 0 bridgehead atoms. The molecule has 1 N–H and O–H groups in total. The second-order valence-electron chi connectivity index (χ2n) is 4.79. The zero-order chi connectivity index (χ0) is 13.7. The highest BCUT2D eigenvalue weighted by Crippen LogP contribution is 2.21. The maximum atomic E-state index is 3.50. The maximum Gasteiger partial charge on any atom is 0.0701 e. The van der Waals surface area contributed by atoms with Gasteiger partial charge in [-0.05, 0) is 64.6 Å². The summed E-state index contributed by atoms with van der Waals surface area (Å²) in [6, 6.07) is 10.7. The molecule has 19 heavy (non-hydrogen) atoms. The van der Waals surface area contributed by atoms with E-state index in [-0.39, 0.29) is 0 Å². The van der Waals surface area contributed by atoms with Gasteiger partial charge in [0.05, 0.1) is 3.79 Å². The van der Waals surface area contributed by atoms with Crippen LogP contribution in [0.3, 0.4) is 0 Å². The molecule has 1 heterocycles. The normalized spacial score (nSPS) is 10.9. The smallest absolute Gasteiger partial charge is 0.0701 e. The summed E-state index contributed by atoms with van der Waals surface area (Å²) in [4.78, 5) is 2.33. The van der Waals surface area contributed by atoms with Crippen LogP contribution in [-0.4, -0.2) is 25.0 Å². The van der Waals surface area contributed by atoms with Gasteiger partial charge in [-0.3, -0.25) is 0 Å². The highest BCUT2D eigenvalue weighted by atomic mass is 79.9. The van der Waals surface area contributed by atoms with Gasteiger partial charge < -0.3 is 10.2 Å². The van der Waals surface area contributed by atoms with Crippen LogP contribution in [0.4, 0.5) is 5.69 Å². The first-order valence-corrected chi connectivity index (χ1v) is 8.03. The summed E-state index contributed by atoms with van der Waals surface area (Å²) >= 11 is 5.24. The number of halogens is 1. The molecular formula is C15H19BrN2S. The summed E-state index contributed by atoms with van der Waals surface area (Å²) < 4.78 is 1.20. The molecule has 102 valence electrons. The third kappa shape index (κ3) is 4.97. The van der Waals surface area contributed by atoms with Crippen LogP contribution < -0.4 is 5.32 Å². The number of hydrogen-bond donors (Lipinski definition) is 1. The molecule has 0 saturated heterocycles. The predicted octanol–water partition coefficient (Wildman–Crippen LogP) is 4.36. The number of anilines is 1. The lowest BCUT2D eigenvalue weighted by Crippen LogP contribution is -2.24. The predicted molar refractivity (Wildman–Crippen MR) is 88.0 cm³/mol. The Morgan fingerprint density at radius 3 is 2.84 bits per heavy atom. The topological polar surface area (TPSA) is 15.3 Å². The van der Waals surface area contributed by atoms with Crippen molar-refractivity contribution in [2.24, 2.45) is 0 Å². The number of nitrogens with zero attached hydrogens (tertiary/aromatic N) is 1. The SMILES string of the molecule is Cc1cccc(NCCN(C)Cc2csc(Br)c2)c1. The van der Waals surface area contributed by atoms with Gasteiger partial charge in [0.15, 0.2) is 0 Å². The van der Waals surface area contributed by atoms with E-state index in [4.69, 9.17) is 0 Å². The fourth-order valence-electron chi connectivity index (χ4n) is 1.97. The van der Waals surface area contributed by atoms with Crippen LogP contribution in [0.5, 0.6) is 0 Å². The Bertz CT molecular complexity index is 524. The average Bonchev–Trinajstić information content (AvgIpc) is 2.75. The van der Waals surface area contributed by atoms with Crippen LogP contribution in [0.2, 0.25) is 0 Å². The molecule has 0 aliphatic heterocycles.